The summed E-state index contributed by atoms with van der Waals surface area (Å²) in [5, 5.41) is 4.17. The Hall–Kier alpha value is -0.850. The molecule has 1 N–H and O–H groups in total. The SMILES string of the molecule is CC(NC(=O)CN1CCOC2(CCOCC2)C1)c1ccc(Cl)cc1Cl. The summed E-state index contributed by atoms with van der Waals surface area (Å²) in [6, 6.07) is 5.15. The molecule has 0 aromatic heterocycles. The first-order chi connectivity index (χ1) is 12.0. The van der Waals surface area contributed by atoms with Crippen molar-refractivity contribution in [3.05, 3.63) is 33.8 Å². The molecule has 3 rings (SSSR count). The molecular weight excluding hydrogens is 363 g/mol. The maximum atomic E-state index is 12.5. The maximum Gasteiger partial charge on any atom is 0.234 e. The molecule has 1 amide bonds. The van der Waals surface area contributed by atoms with Crippen LogP contribution in [0.4, 0.5) is 0 Å². The van der Waals surface area contributed by atoms with Gasteiger partial charge in [-0.1, -0.05) is 29.3 Å². The number of hydrogen-bond donors (Lipinski definition) is 1. The van der Waals surface area contributed by atoms with Gasteiger partial charge < -0.3 is 14.8 Å². The van der Waals surface area contributed by atoms with Gasteiger partial charge in [-0.2, -0.15) is 0 Å². The number of benzene rings is 1. The third kappa shape index (κ3) is 4.86. The molecule has 2 aliphatic rings. The monoisotopic (exact) mass is 386 g/mol. The molecule has 1 aromatic rings. The summed E-state index contributed by atoms with van der Waals surface area (Å²) in [6.07, 6.45) is 1.78. The molecule has 25 heavy (non-hydrogen) atoms. The highest BCUT2D eigenvalue weighted by atomic mass is 35.5. The van der Waals surface area contributed by atoms with Gasteiger partial charge in [0.1, 0.15) is 0 Å². The first-order valence-electron chi connectivity index (χ1n) is 8.66. The third-order valence-electron chi connectivity index (χ3n) is 4.91. The molecule has 7 heteroatoms. The normalized spacial score (nSPS) is 21.9. The molecule has 1 aromatic carbocycles. The fourth-order valence-corrected chi connectivity index (χ4v) is 4.10. The molecule has 0 aliphatic carbocycles. The van der Waals surface area contributed by atoms with Gasteiger partial charge in [-0.3, -0.25) is 9.69 Å². The van der Waals surface area contributed by atoms with Crippen LogP contribution in [-0.4, -0.2) is 55.9 Å². The van der Waals surface area contributed by atoms with Crippen LogP contribution in [0.1, 0.15) is 31.4 Å². The smallest absolute Gasteiger partial charge is 0.234 e. The van der Waals surface area contributed by atoms with E-state index in [1.54, 1.807) is 12.1 Å². The maximum absolute atomic E-state index is 12.5. The molecule has 1 atom stereocenters. The molecule has 0 radical (unpaired) electrons. The number of rotatable bonds is 4. The molecule has 1 spiro atoms. The van der Waals surface area contributed by atoms with E-state index in [0.717, 1.165) is 44.7 Å². The molecule has 2 fully saturated rings. The lowest BCUT2D eigenvalue weighted by Crippen LogP contribution is -2.56. The Morgan fingerprint density at radius 1 is 1.32 bits per heavy atom. The van der Waals surface area contributed by atoms with Crippen LogP contribution in [0.3, 0.4) is 0 Å². The second kappa shape index (κ2) is 8.23. The Labute approximate surface area is 158 Å². The fourth-order valence-electron chi connectivity index (χ4n) is 3.52. The Morgan fingerprint density at radius 3 is 2.80 bits per heavy atom. The van der Waals surface area contributed by atoms with Crippen molar-refractivity contribution in [2.75, 3.05) is 39.5 Å². The quantitative estimate of drug-likeness (QED) is 0.863. The van der Waals surface area contributed by atoms with Gasteiger partial charge in [-0.15, -0.1) is 0 Å². The van der Waals surface area contributed by atoms with Crippen LogP contribution in [0, 0.1) is 0 Å². The Morgan fingerprint density at radius 2 is 2.08 bits per heavy atom. The lowest BCUT2D eigenvalue weighted by molar-refractivity contribution is -0.156. The fraction of sp³-hybridized carbons (Fsp3) is 0.611. The second-order valence-corrected chi connectivity index (χ2v) is 7.65. The van der Waals surface area contributed by atoms with Gasteiger partial charge in [0.25, 0.3) is 0 Å². The minimum Gasteiger partial charge on any atom is -0.381 e. The van der Waals surface area contributed by atoms with Crippen molar-refractivity contribution in [3.63, 3.8) is 0 Å². The van der Waals surface area contributed by atoms with Crippen LogP contribution in [0.25, 0.3) is 0 Å². The van der Waals surface area contributed by atoms with Crippen molar-refractivity contribution < 1.29 is 14.3 Å². The first kappa shape index (κ1) is 18.9. The first-order valence-corrected chi connectivity index (χ1v) is 9.41. The summed E-state index contributed by atoms with van der Waals surface area (Å²) >= 11 is 12.2. The van der Waals surface area contributed by atoms with Gasteiger partial charge in [0.05, 0.1) is 24.8 Å². The largest absolute Gasteiger partial charge is 0.381 e. The number of hydrogen-bond acceptors (Lipinski definition) is 4. The summed E-state index contributed by atoms with van der Waals surface area (Å²) in [5.41, 5.74) is 0.712. The van der Waals surface area contributed by atoms with E-state index in [-0.39, 0.29) is 17.6 Å². The van der Waals surface area contributed by atoms with E-state index in [4.69, 9.17) is 32.7 Å². The lowest BCUT2D eigenvalue weighted by Gasteiger charge is -2.44. The summed E-state index contributed by atoms with van der Waals surface area (Å²) in [6.45, 7) is 5.95. The average molecular weight is 387 g/mol. The van der Waals surface area contributed by atoms with Crippen LogP contribution in [-0.2, 0) is 14.3 Å². The van der Waals surface area contributed by atoms with Crippen molar-refractivity contribution in [3.8, 4) is 0 Å². The predicted molar refractivity (Wildman–Crippen MR) is 98.2 cm³/mol. The minimum absolute atomic E-state index is 0.0115. The van der Waals surface area contributed by atoms with Crippen LogP contribution in [0.15, 0.2) is 18.2 Å². The number of halogens is 2. The van der Waals surface area contributed by atoms with Gasteiger partial charge in [0.2, 0.25) is 5.91 Å². The summed E-state index contributed by atoms with van der Waals surface area (Å²) in [7, 11) is 0. The number of nitrogens with zero attached hydrogens (tertiary/aromatic N) is 1. The van der Waals surface area contributed by atoms with Crippen molar-refractivity contribution >= 4 is 29.1 Å². The molecule has 2 saturated heterocycles. The zero-order chi connectivity index (χ0) is 17.9. The summed E-state index contributed by atoms with van der Waals surface area (Å²) in [5.74, 6) is -0.0115. The lowest BCUT2D eigenvalue weighted by atomic mass is 9.92. The molecule has 138 valence electrons. The van der Waals surface area contributed by atoms with Crippen molar-refractivity contribution in [1.82, 2.24) is 10.2 Å². The van der Waals surface area contributed by atoms with Crippen LogP contribution in [0.2, 0.25) is 10.0 Å². The second-order valence-electron chi connectivity index (χ2n) is 6.81. The van der Waals surface area contributed by atoms with E-state index >= 15 is 0 Å². The van der Waals surface area contributed by atoms with Gasteiger partial charge in [0, 0.05) is 49.2 Å². The predicted octanol–water partition coefficient (Wildman–Crippen LogP) is 3.05. The van der Waals surface area contributed by atoms with E-state index in [1.165, 1.54) is 0 Å². The molecule has 5 nitrogen and oxygen atoms in total. The number of ether oxygens (including phenoxy) is 2. The number of carbonyl (C=O) groups is 1. The number of carbonyl (C=O) groups excluding carboxylic acids is 1. The van der Waals surface area contributed by atoms with Crippen LogP contribution >= 0.6 is 23.2 Å². The van der Waals surface area contributed by atoms with Crippen molar-refractivity contribution in [2.24, 2.45) is 0 Å². The Bertz CT molecular complexity index is 615. The third-order valence-corrected chi connectivity index (χ3v) is 5.47. The topological polar surface area (TPSA) is 50.8 Å². The standard InChI is InChI=1S/C18H24Cl2N2O3/c1-13(15-3-2-14(19)10-16(15)20)21-17(23)11-22-6-9-25-18(12-22)4-7-24-8-5-18/h2-3,10,13H,4-9,11-12H2,1H3,(H,21,23). The van der Waals surface area contributed by atoms with Gasteiger partial charge in [-0.05, 0) is 24.6 Å². The zero-order valence-corrected chi connectivity index (χ0v) is 15.9. The summed E-state index contributed by atoms with van der Waals surface area (Å²) < 4.78 is 11.4. The van der Waals surface area contributed by atoms with E-state index in [9.17, 15) is 4.79 Å². The number of nitrogens with one attached hydrogen (secondary N) is 1. The van der Waals surface area contributed by atoms with Crippen LogP contribution < -0.4 is 5.32 Å². The number of amides is 1. The highest BCUT2D eigenvalue weighted by Crippen LogP contribution is 2.29. The summed E-state index contributed by atoms with van der Waals surface area (Å²) in [4.78, 5) is 14.6. The van der Waals surface area contributed by atoms with E-state index < -0.39 is 0 Å². The highest BCUT2D eigenvalue weighted by molar-refractivity contribution is 6.35. The van der Waals surface area contributed by atoms with Gasteiger partial charge >= 0.3 is 0 Å². The van der Waals surface area contributed by atoms with E-state index in [2.05, 4.69) is 10.2 Å². The Balaban J connectivity index is 1.54. The minimum atomic E-state index is -0.171. The van der Waals surface area contributed by atoms with E-state index in [1.807, 2.05) is 13.0 Å². The number of morpholine rings is 1. The van der Waals surface area contributed by atoms with E-state index in [0.29, 0.717) is 23.2 Å². The molecule has 0 bridgehead atoms. The average Bonchev–Trinajstić information content (AvgIpc) is 2.55. The zero-order valence-electron chi connectivity index (χ0n) is 14.4. The van der Waals surface area contributed by atoms with Crippen molar-refractivity contribution in [2.45, 2.75) is 31.4 Å². The molecule has 1 unspecified atom stereocenters. The van der Waals surface area contributed by atoms with Gasteiger partial charge in [-0.25, -0.2) is 0 Å². The molecule has 2 heterocycles. The molecule has 0 saturated carbocycles. The van der Waals surface area contributed by atoms with Crippen LogP contribution in [0.5, 0.6) is 0 Å². The molecular formula is C18H24Cl2N2O3. The van der Waals surface area contributed by atoms with Crippen molar-refractivity contribution in [1.29, 1.82) is 0 Å². The Kier molecular flexibility index (Phi) is 6.23. The molecule has 2 aliphatic heterocycles. The van der Waals surface area contributed by atoms with Gasteiger partial charge in [0.15, 0.2) is 0 Å². The highest BCUT2D eigenvalue weighted by Gasteiger charge is 2.38.